The lowest BCUT2D eigenvalue weighted by Crippen LogP contribution is -2.40. The second-order valence-electron chi connectivity index (χ2n) is 10.2. The molecule has 2 heterocycles. The number of hydrogen-bond donors (Lipinski definition) is 0. The zero-order chi connectivity index (χ0) is 21.7. The standard InChI is InChI=1S/C24H32N2O3Si/c1-6-17-16-26(19-11-8-7-10-18(17)19)22(27)20-21-24(20,2)12-9-13-25(21)23(28)29-14-15-30(3,4)5/h6-8,10-11,16,20-21H,1,9,12-15H2,2-5H3/t20-,21+,24-/m1/s1. The molecule has 1 aliphatic carbocycles. The molecule has 1 amide bonds. The Morgan fingerprint density at radius 1 is 1.30 bits per heavy atom. The van der Waals surface area contributed by atoms with Crippen LogP contribution in [0.2, 0.25) is 25.7 Å². The van der Waals surface area contributed by atoms with Gasteiger partial charge in [-0.2, -0.15) is 0 Å². The van der Waals surface area contributed by atoms with E-state index in [1.54, 1.807) is 10.6 Å². The number of amides is 1. The fourth-order valence-corrected chi connectivity index (χ4v) is 5.71. The smallest absolute Gasteiger partial charge is 0.410 e. The van der Waals surface area contributed by atoms with Gasteiger partial charge in [0.25, 0.3) is 0 Å². The lowest BCUT2D eigenvalue weighted by atomic mass is 9.96. The number of carbonyl (C=O) groups is 2. The van der Waals surface area contributed by atoms with Gasteiger partial charge in [-0.25, -0.2) is 4.79 Å². The average Bonchev–Trinajstić information content (AvgIpc) is 3.16. The summed E-state index contributed by atoms with van der Waals surface area (Å²) in [5, 5.41) is 1.03. The Labute approximate surface area is 179 Å². The van der Waals surface area contributed by atoms with Gasteiger partial charge in [0.05, 0.1) is 24.1 Å². The number of likely N-dealkylation sites (tertiary alicyclic amines) is 1. The highest BCUT2D eigenvalue weighted by molar-refractivity contribution is 6.76. The van der Waals surface area contributed by atoms with E-state index in [2.05, 4.69) is 33.1 Å². The number of benzene rings is 1. The topological polar surface area (TPSA) is 51.5 Å². The van der Waals surface area contributed by atoms with E-state index >= 15 is 0 Å². The molecule has 3 atom stereocenters. The molecule has 6 heteroatoms. The molecule has 5 nitrogen and oxygen atoms in total. The Hall–Kier alpha value is -2.34. The van der Waals surface area contributed by atoms with E-state index in [1.165, 1.54) is 0 Å². The molecule has 1 aliphatic heterocycles. The quantitative estimate of drug-likeness (QED) is 0.596. The Morgan fingerprint density at radius 2 is 2.03 bits per heavy atom. The summed E-state index contributed by atoms with van der Waals surface area (Å²) in [6.45, 7) is 14.0. The van der Waals surface area contributed by atoms with Crippen LogP contribution in [0, 0.1) is 11.3 Å². The maximum Gasteiger partial charge on any atom is 0.410 e. The van der Waals surface area contributed by atoms with Crippen molar-refractivity contribution in [3.63, 3.8) is 0 Å². The normalized spacial score (nSPS) is 25.7. The van der Waals surface area contributed by atoms with Crippen molar-refractivity contribution < 1.29 is 14.3 Å². The first-order valence-electron chi connectivity index (χ1n) is 10.9. The third-order valence-corrected chi connectivity index (χ3v) is 8.53. The van der Waals surface area contributed by atoms with Crippen molar-refractivity contribution in [3.05, 3.63) is 42.6 Å². The molecule has 4 rings (SSSR count). The first-order valence-corrected chi connectivity index (χ1v) is 14.6. The third-order valence-electron chi connectivity index (χ3n) is 6.82. The van der Waals surface area contributed by atoms with E-state index < -0.39 is 8.07 Å². The van der Waals surface area contributed by atoms with Gasteiger partial charge in [-0.3, -0.25) is 9.36 Å². The Bertz CT molecular complexity index is 1010. The van der Waals surface area contributed by atoms with Gasteiger partial charge in [-0.15, -0.1) is 0 Å². The third kappa shape index (κ3) is 3.51. The number of aromatic nitrogens is 1. The van der Waals surface area contributed by atoms with Crippen molar-refractivity contribution in [3.8, 4) is 0 Å². The van der Waals surface area contributed by atoms with Crippen molar-refractivity contribution in [1.29, 1.82) is 0 Å². The molecule has 30 heavy (non-hydrogen) atoms. The number of para-hydroxylation sites is 1. The molecule has 0 unspecified atom stereocenters. The number of piperidine rings is 1. The van der Waals surface area contributed by atoms with Crippen molar-refractivity contribution in [1.82, 2.24) is 9.47 Å². The van der Waals surface area contributed by atoms with Crippen LogP contribution in [0.3, 0.4) is 0 Å². The van der Waals surface area contributed by atoms with E-state index in [0.29, 0.717) is 13.2 Å². The zero-order valence-corrected chi connectivity index (χ0v) is 19.5. The van der Waals surface area contributed by atoms with E-state index in [0.717, 1.165) is 35.4 Å². The number of nitrogens with zero attached hydrogens (tertiary/aromatic N) is 2. The van der Waals surface area contributed by atoms with E-state index in [1.807, 2.05) is 35.4 Å². The highest BCUT2D eigenvalue weighted by Gasteiger charge is 2.69. The van der Waals surface area contributed by atoms with Crippen LogP contribution < -0.4 is 0 Å². The average molecular weight is 425 g/mol. The molecule has 0 bridgehead atoms. The fourth-order valence-electron chi connectivity index (χ4n) is 5.00. The van der Waals surface area contributed by atoms with Crippen LogP contribution in [0.5, 0.6) is 0 Å². The van der Waals surface area contributed by atoms with Crippen molar-refractivity contribution in [2.24, 2.45) is 11.3 Å². The van der Waals surface area contributed by atoms with Gasteiger partial charge in [0.1, 0.15) is 0 Å². The maximum absolute atomic E-state index is 13.6. The largest absolute Gasteiger partial charge is 0.450 e. The summed E-state index contributed by atoms with van der Waals surface area (Å²) in [6, 6.07) is 8.78. The Morgan fingerprint density at radius 3 is 2.73 bits per heavy atom. The summed E-state index contributed by atoms with van der Waals surface area (Å²) in [5.41, 5.74) is 1.68. The second kappa shape index (κ2) is 7.41. The molecule has 160 valence electrons. The molecule has 1 aromatic carbocycles. The summed E-state index contributed by atoms with van der Waals surface area (Å²) in [7, 11) is -1.26. The lowest BCUT2D eigenvalue weighted by Gasteiger charge is -2.29. The summed E-state index contributed by atoms with van der Waals surface area (Å²) in [4.78, 5) is 28.2. The van der Waals surface area contributed by atoms with E-state index in [4.69, 9.17) is 4.74 Å². The van der Waals surface area contributed by atoms with Crippen LogP contribution in [-0.2, 0) is 4.74 Å². The molecular weight excluding hydrogens is 392 g/mol. The van der Waals surface area contributed by atoms with Gasteiger partial charge in [-0.1, -0.05) is 57.4 Å². The van der Waals surface area contributed by atoms with Crippen LogP contribution in [0.15, 0.2) is 37.0 Å². The zero-order valence-electron chi connectivity index (χ0n) is 18.5. The highest BCUT2D eigenvalue weighted by Crippen LogP contribution is 2.61. The number of rotatable bonds is 5. The van der Waals surface area contributed by atoms with Gasteiger partial charge < -0.3 is 9.64 Å². The molecule has 2 fully saturated rings. The summed E-state index contributed by atoms with van der Waals surface area (Å²) >= 11 is 0. The predicted octanol–water partition coefficient (Wildman–Crippen LogP) is 5.50. The van der Waals surface area contributed by atoms with Gasteiger partial charge >= 0.3 is 6.09 Å². The first-order chi connectivity index (χ1) is 14.2. The monoisotopic (exact) mass is 424 g/mol. The van der Waals surface area contributed by atoms with Crippen molar-refractivity contribution in [2.75, 3.05) is 13.2 Å². The Kier molecular flexibility index (Phi) is 5.17. The molecule has 0 N–H and O–H groups in total. The minimum absolute atomic E-state index is 0.0635. The number of carbonyl (C=O) groups excluding carboxylic acids is 2. The lowest BCUT2D eigenvalue weighted by molar-refractivity contribution is 0.0843. The SMILES string of the molecule is C=Cc1cn(C(=O)[C@H]2[C@@H]3N(C(=O)OCC[Si](C)(C)C)CCC[C@@]32C)c2ccccc12. The molecule has 0 radical (unpaired) electrons. The second-order valence-corrected chi connectivity index (χ2v) is 15.8. The van der Waals surface area contributed by atoms with Crippen LogP contribution in [0.25, 0.3) is 17.0 Å². The molecule has 1 aromatic heterocycles. The summed E-state index contributed by atoms with van der Waals surface area (Å²) < 4.78 is 7.37. The minimum atomic E-state index is -1.26. The van der Waals surface area contributed by atoms with Crippen molar-refractivity contribution in [2.45, 2.75) is 51.5 Å². The van der Waals surface area contributed by atoms with E-state index in [9.17, 15) is 9.59 Å². The van der Waals surface area contributed by atoms with Gasteiger partial charge in [0.15, 0.2) is 0 Å². The molecule has 1 saturated heterocycles. The number of fused-ring (bicyclic) bond motifs is 2. The summed E-state index contributed by atoms with van der Waals surface area (Å²) in [5.74, 6) is -0.133. The predicted molar refractivity (Wildman–Crippen MR) is 123 cm³/mol. The molecular formula is C24H32N2O3Si. The molecule has 2 aromatic rings. The summed E-state index contributed by atoms with van der Waals surface area (Å²) in [6.07, 6.45) is 5.27. The van der Waals surface area contributed by atoms with Crippen LogP contribution in [-0.4, -0.2) is 48.7 Å². The van der Waals surface area contributed by atoms with Crippen LogP contribution >= 0.6 is 0 Å². The molecule has 0 spiro atoms. The number of ether oxygens (including phenoxy) is 1. The highest BCUT2D eigenvalue weighted by atomic mass is 28.3. The van der Waals surface area contributed by atoms with Gasteiger partial charge in [0, 0.05) is 31.6 Å². The first kappa shape index (κ1) is 20.9. The molecule has 2 aliphatic rings. The molecule has 1 saturated carbocycles. The number of hydrogen-bond acceptors (Lipinski definition) is 3. The fraction of sp³-hybridized carbons (Fsp3) is 0.500. The van der Waals surface area contributed by atoms with Crippen molar-refractivity contribution >= 4 is 37.1 Å². The van der Waals surface area contributed by atoms with Crippen LogP contribution in [0.1, 0.15) is 30.1 Å². The van der Waals surface area contributed by atoms with Gasteiger partial charge in [0.2, 0.25) is 5.91 Å². The van der Waals surface area contributed by atoms with Gasteiger partial charge in [-0.05, 0) is 30.5 Å². The minimum Gasteiger partial charge on any atom is -0.450 e. The van der Waals surface area contributed by atoms with Crippen LogP contribution in [0.4, 0.5) is 4.79 Å². The maximum atomic E-state index is 13.6. The Balaban J connectivity index is 1.55. The van der Waals surface area contributed by atoms with E-state index in [-0.39, 0.29) is 29.4 Å².